The smallest absolute Gasteiger partial charge is 0.264 e. The first kappa shape index (κ1) is 29.2. The number of aliphatic hydroxyl groups excluding tert-OH is 1. The highest BCUT2D eigenvalue weighted by atomic mass is 35.5. The summed E-state index contributed by atoms with van der Waals surface area (Å²) in [6, 6.07) is 11.5. The van der Waals surface area contributed by atoms with Gasteiger partial charge in [0.05, 0.1) is 23.6 Å². The first-order chi connectivity index (χ1) is 20.6. The third-order valence-corrected chi connectivity index (χ3v) is 13.0. The van der Waals surface area contributed by atoms with E-state index in [1.54, 1.807) is 12.1 Å². The minimum Gasteiger partial charge on any atom is -0.490 e. The van der Waals surface area contributed by atoms with Gasteiger partial charge in [0.25, 0.3) is 5.91 Å². The largest absolute Gasteiger partial charge is 0.490 e. The van der Waals surface area contributed by atoms with E-state index in [9.17, 15) is 18.3 Å². The maximum absolute atomic E-state index is 13.6. The number of carbonyl (C=O) groups excluding carboxylic acids is 1. The van der Waals surface area contributed by atoms with Crippen LogP contribution in [0, 0.1) is 23.7 Å². The van der Waals surface area contributed by atoms with Gasteiger partial charge < -0.3 is 14.7 Å². The van der Waals surface area contributed by atoms with E-state index < -0.39 is 27.3 Å². The zero-order valence-electron chi connectivity index (χ0n) is 24.7. The molecule has 2 fully saturated rings. The summed E-state index contributed by atoms with van der Waals surface area (Å²) in [5, 5.41) is 11.3. The summed E-state index contributed by atoms with van der Waals surface area (Å²) in [5.41, 5.74) is 3.38. The Morgan fingerprint density at radius 2 is 1.91 bits per heavy atom. The lowest BCUT2D eigenvalue weighted by atomic mass is 9.68. The van der Waals surface area contributed by atoms with Crippen LogP contribution in [0.15, 0.2) is 48.6 Å². The van der Waals surface area contributed by atoms with Crippen LogP contribution in [-0.4, -0.2) is 50.5 Å². The molecular formula is C34H41ClN2O5S. The lowest BCUT2D eigenvalue weighted by Crippen LogP contribution is -2.49. The highest BCUT2D eigenvalue weighted by Crippen LogP contribution is 2.47. The number of nitrogens with zero attached hydrogens (tertiary/aromatic N) is 1. The monoisotopic (exact) mass is 624 g/mol. The first-order valence-corrected chi connectivity index (χ1v) is 17.8. The third-order valence-electron chi connectivity index (χ3n) is 10.8. The Labute approximate surface area is 259 Å². The van der Waals surface area contributed by atoms with Crippen molar-refractivity contribution in [2.24, 2.45) is 23.7 Å². The second kappa shape index (κ2) is 11.1. The topological polar surface area (TPSA) is 95.9 Å². The number of fused-ring (bicyclic) bond motifs is 4. The van der Waals surface area contributed by atoms with E-state index in [-0.39, 0.29) is 23.2 Å². The lowest BCUT2D eigenvalue weighted by molar-refractivity contribution is 0.0455. The molecule has 3 aliphatic carbocycles. The molecule has 2 N–H and O–H groups in total. The summed E-state index contributed by atoms with van der Waals surface area (Å²) in [6.45, 7) is 3.86. The van der Waals surface area contributed by atoms with Crippen molar-refractivity contribution in [3.8, 4) is 5.75 Å². The van der Waals surface area contributed by atoms with E-state index in [0.717, 1.165) is 62.2 Å². The fraction of sp³-hybridized carbons (Fsp3) is 0.559. The quantitative estimate of drug-likeness (QED) is 0.399. The lowest BCUT2D eigenvalue weighted by Gasteiger charge is -2.45. The molecule has 43 heavy (non-hydrogen) atoms. The summed E-state index contributed by atoms with van der Waals surface area (Å²) in [7, 11) is -3.91. The van der Waals surface area contributed by atoms with Gasteiger partial charge in [0.2, 0.25) is 10.0 Å². The number of hydrogen-bond donors (Lipinski definition) is 2. The summed E-state index contributed by atoms with van der Waals surface area (Å²) in [4.78, 5) is 15.9. The number of amides is 1. The van der Waals surface area contributed by atoms with Crippen molar-refractivity contribution in [1.29, 1.82) is 0 Å². The molecular weight excluding hydrogens is 584 g/mol. The van der Waals surface area contributed by atoms with Gasteiger partial charge in [-0.05, 0) is 116 Å². The molecule has 0 radical (unpaired) electrons. The standard InChI is InChI=1S/C34H41ClN2O5S/c1-21-4-2-6-30(38)27-12-9-25(27)18-37-19-34(15-3-5-23-16-26(35)11-13-28(23)34)20-42-31-14-10-24(17-29(31)37)33(39)36-43(40,41)32(21)22-7-8-22/h2,6,10-11,13-14,16-17,21-22,25,27,30,32,38H,3-5,7-9,12,15,18-20H2,1H3,(H,36,39)/b6-2-/t21-,25-,27+,30-,32+,34-/m0/s1. The predicted molar refractivity (Wildman–Crippen MR) is 168 cm³/mol. The summed E-state index contributed by atoms with van der Waals surface area (Å²) in [5.74, 6) is 0.393. The maximum Gasteiger partial charge on any atom is 0.264 e. The summed E-state index contributed by atoms with van der Waals surface area (Å²) >= 11 is 6.40. The molecule has 1 amide bonds. The SMILES string of the molecule is C[C@H]1C/C=C\[C@H](O)[C@@H]2CC[C@H]2CN2C[C@@]3(CCCc4cc(Cl)ccc43)COc3ccc(cc32)C(=O)NS(=O)(=O)[C@H]1C1CC1. The van der Waals surface area contributed by atoms with Crippen LogP contribution < -0.4 is 14.4 Å². The van der Waals surface area contributed by atoms with E-state index in [0.29, 0.717) is 36.8 Å². The van der Waals surface area contributed by atoms with E-state index in [4.69, 9.17) is 16.3 Å². The molecule has 6 atom stereocenters. The Morgan fingerprint density at radius 3 is 2.67 bits per heavy atom. The fourth-order valence-electron chi connectivity index (χ4n) is 8.22. The van der Waals surface area contributed by atoms with Crippen molar-refractivity contribution in [2.45, 2.75) is 75.1 Å². The number of nitrogens with one attached hydrogen (secondary N) is 1. The van der Waals surface area contributed by atoms with Gasteiger partial charge in [0.15, 0.2) is 0 Å². The molecule has 0 saturated heterocycles. The Hall–Kier alpha value is -2.55. The molecule has 0 unspecified atom stereocenters. The fourth-order valence-corrected chi connectivity index (χ4v) is 10.4. The van der Waals surface area contributed by atoms with Crippen LogP contribution in [0.4, 0.5) is 5.69 Å². The highest BCUT2D eigenvalue weighted by molar-refractivity contribution is 7.90. The van der Waals surface area contributed by atoms with Crippen LogP contribution in [0.5, 0.6) is 5.75 Å². The summed E-state index contributed by atoms with van der Waals surface area (Å²) < 4.78 is 36.2. The number of benzene rings is 2. The Balaban J connectivity index is 1.29. The molecule has 2 heterocycles. The average molecular weight is 625 g/mol. The van der Waals surface area contributed by atoms with Crippen molar-refractivity contribution >= 4 is 33.2 Å². The molecule has 9 heteroatoms. The molecule has 230 valence electrons. The van der Waals surface area contributed by atoms with Crippen molar-refractivity contribution < 1.29 is 23.1 Å². The van der Waals surface area contributed by atoms with Crippen molar-refractivity contribution in [3.05, 3.63) is 70.3 Å². The number of aryl methyl sites for hydroxylation is 1. The number of rotatable bonds is 1. The molecule has 2 aromatic rings. The van der Waals surface area contributed by atoms with Crippen LogP contribution in [-0.2, 0) is 21.9 Å². The van der Waals surface area contributed by atoms with Gasteiger partial charge in [-0.2, -0.15) is 0 Å². The number of halogens is 1. The summed E-state index contributed by atoms with van der Waals surface area (Å²) in [6.07, 6.45) is 10.4. The molecule has 7 nitrogen and oxygen atoms in total. The van der Waals surface area contributed by atoms with Gasteiger partial charge >= 0.3 is 0 Å². The van der Waals surface area contributed by atoms with Gasteiger partial charge in [-0.3, -0.25) is 4.79 Å². The minimum atomic E-state index is -3.91. The van der Waals surface area contributed by atoms with Crippen molar-refractivity contribution in [3.63, 3.8) is 0 Å². The van der Waals surface area contributed by atoms with Crippen molar-refractivity contribution in [2.75, 3.05) is 24.6 Å². The van der Waals surface area contributed by atoms with Gasteiger partial charge in [0, 0.05) is 29.1 Å². The number of sulfonamides is 1. The maximum atomic E-state index is 13.6. The predicted octanol–water partition coefficient (Wildman–Crippen LogP) is 5.63. The Morgan fingerprint density at radius 1 is 1.09 bits per heavy atom. The molecule has 2 aromatic carbocycles. The van der Waals surface area contributed by atoms with Gasteiger partial charge in [-0.1, -0.05) is 36.7 Å². The molecule has 0 aromatic heterocycles. The van der Waals surface area contributed by atoms with Crippen LogP contribution in [0.2, 0.25) is 5.02 Å². The van der Waals surface area contributed by atoms with E-state index in [1.807, 2.05) is 31.2 Å². The van der Waals surface area contributed by atoms with Crippen LogP contribution in [0.1, 0.15) is 73.4 Å². The second-order valence-electron chi connectivity index (χ2n) is 13.7. The van der Waals surface area contributed by atoms with E-state index in [2.05, 4.69) is 21.8 Å². The average Bonchev–Trinajstić information content (AvgIpc) is 3.78. The number of anilines is 1. The van der Waals surface area contributed by atoms with Crippen LogP contribution >= 0.6 is 11.6 Å². The normalized spacial score (nSPS) is 34.5. The zero-order chi connectivity index (χ0) is 29.9. The first-order valence-electron chi connectivity index (χ1n) is 15.8. The highest BCUT2D eigenvalue weighted by Gasteiger charge is 2.46. The van der Waals surface area contributed by atoms with Crippen LogP contribution in [0.3, 0.4) is 0 Å². The van der Waals surface area contributed by atoms with Crippen LogP contribution in [0.25, 0.3) is 0 Å². The number of ether oxygens (including phenoxy) is 1. The Bertz CT molecular complexity index is 1560. The molecule has 2 bridgehead atoms. The molecule has 1 spiro atoms. The molecule has 2 saturated carbocycles. The van der Waals surface area contributed by atoms with Gasteiger partial charge in [-0.15, -0.1) is 0 Å². The molecule has 5 aliphatic rings. The molecule has 7 rings (SSSR count). The third kappa shape index (κ3) is 5.48. The number of aliphatic hydroxyl groups is 1. The van der Waals surface area contributed by atoms with E-state index >= 15 is 0 Å². The minimum absolute atomic E-state index is 0.0499. The number of carbonyl (C=O) groups is 1. The number of hydrogen-bond acceptors (Lipinski definition) is 6. The van der Waals surface area contributed by atoms with Gasteiger partial charge in [-0.25, -0.2) is 13.1 Å². The Kier molecular flexibility index (Phi) is 7.54. The van der Waals surface area contributed by atoms with Gasteiger partial charge in [0.1, 0.15) is 5.75 Å². The van der Waals surface area contributed by atoms with Crippen molar-refractivity contribution in [1.82, 2.24) is 4.72 Å². The molecule has 2 aliphatic heterocycles. The second-order valence-corrected chi connectivity index (χ2v) is 16.0. The zero-order valence-corrected chi connectivity index (χ0v) is 26.2. The van der Waals surface area contributed by atoms with E-state index in [1.165, 1.54) is 11.1 Å². The number of allylic oxidation sites excluding steroid dienone is 1.